The van der Waals surface area contributed by atoms with Crippen LogP contribution in [-0.4, -0.2) is 5.04 Å². The van der Waals surface area contributed by atoms with Crippen molar-refractivity contribution >= 4 is 16.1 Å². The molecular formula is C10H13N2S+. The molecule has 0 bridgehead atoms. The zero-order chi connectivity index (χ0) is 9.26. The fourth-order valence-corrected chi connectivity index (χ4v) is 3.04. The highest BCUT2D eigenvalue weighted by Gasteiger charge is 2.18. The highest BCUT2D eigenvalue weighted by molar-refractivity contribution is 8.27. The summed E-state index contributed by atoms with van der Waals surface area (Å²) >= 11 is -0.336. The van der Waals surface area contributed by atoms with E-state index in [0.717, 1.165) is 0 Å². The van der Waals surface area contributed by atoms with E-state index in [1.54, 1.807) is 0 Å². The van der Waals surface area contributed by atoms with E-state index in [2.05, 4.69) is 52.6 Å². The Bertz CT molecular complexity index is 382. The van der Waals surface area contributed by atoms with Gasteiger partial charge in [-0.05, 0) is 6.92 Å². The van der Waals surface area contributed by atoms with E-state index in [1.165, 1.54) is 10.7 Å². The molecule has 0 spiro atoms. The van der Waals surface area contributed by atoms with Crippen molar-refractivity contribution in [3.63, 3.8) is 0 Å². The van der Waals surface area contributed by atoms with Crippen LogP contribution in [-0.2, 0) is 0 Å². The first-order valence-corrected chi connectivity index (χ1v) is 5.63. The monoisotopic (exact) mass is 193 g/mol. The second-order valence-electron chi connectivity index (χ2n) is 3.01. The fourth-order valence-electron chi connectivity index (χ4n) is 1.36. The van der Waals surface area contributed by atoms with Crippen LogP contribution in [0.2, 0.25) is 0 Å². The second-order valence-corrected chi connectivity index (χ2v) is 5.07. The molecule has 0 radical (unpaired) electrons. The number of pyridine rings is 1. The second kappa shape index (κ2) is 3.34. The molecule has 0 N–H and O–H groups in total. The molecule has 1 unspecified atom stereocenters. The summed E-state index contributed by atoms with van der Waals surface area (Å²) in [4.78, 5) is 4.28. The van der Waals surface area contributed by atoms with E-state index in [-0.39, 0.29) is 11.1 Å². The van der Waals surface area contributed by atoms with Crippen LogP contribution in [0.3, 0.4) is 0 Å². The number of hydrogen-bond acceptors (Lipinski definition) is 1. The largest absolute Gasteiger partial charge is 0.250 e. The van der Waals surface area contributed by atoms with Gasteiger partial charge in [0.1, 0.15) is 5.04 Å². The summed E-state index contributed by atoms with van der Waals surface area (Å²) in [5.41, 5.74) is 1.29. The van der Waals surface area contributed by atoms with Crippen LogP contribution < -0.4 is 3.97 Å². The summed E-state index contributed by atoms with van der Waals surface area (Å²) in [6, 6.07) is 6.25. The molecular weight excluding hydrogens is 180 g/mol. The Balaban J connectivity index is 2.42. The van der Waals surface area contributed by atoms with Gasteiger partial charge in [0, 0.05) is 41.7 Å². The van der Waals surface area contributed by atoms with E-state index >= 15 is 0 Å². The Kier molecular flexibility index (Phi) is 2.19. The van der Waals surface area contributed by atoms with Crippen molar-refractivity contribution in [1.82, 2.24) is 0 Å². The summed E-state index contributed by atoms with van der Waals surface area (Å²) < 4.78 is 2.29. The van der Waals surface area contributed by atoms with E-state index in [9.17, 15) is 0 Å². The number of thiol groups is 1. The molecule has 0 amide bonds. The van der Waals surface area contributed by atoms with Crippen LogP contribution in [0.4, 0.5) is 0 Å². The van der Waals surface area contributed by atoms with Gasteiger partial charge < -0.3 is 0 Å². The van der Waals surface area contributed by atoms with Gasteiger partial charge in [-0.2, -0.15) is 3.97 Å². The molecule has 1 atom stereocenters. The molecule has 0 aliphatic carbocycles. The molecule has 1 aliphatic heterocycles. The van der Waals surface area contributed by atoms with Gasteiger partial charge in [-0.1, -0.05) is 6.07 Å². The predicted molar refractivity (Wildman–Crippen MR) is 58.0 cm³/mol. The number of hydrogen-bond donors (Lipinski definition) is 1. The lowest BCUT2D eigenvalue weighted by Gasteiger charge is -2.08. The van der Waals surface area contributed by atoms with Gasteiger partial charge in [0.2, 0.25) is 0 Å². The van der Waals surface area contributed by atoms with Gasteiger partial charge in [-0.3, -0.25) is 0 Å². The SMILES string of the molecule is CC1=NC=C[SH]1[n+]1ccccc1C. The molecule has 68 valence electrons. The molecule has 13 heavy (non-hydrogen) atoms. The summed E-state index contributed by atoms with van der Waals surface area (Å²) in [5, 5.41) is 3.40. The molecule has 1 aliphatic rings. The van der Waals surface area contributed by atoms with Crippen LogP contribution in [0.15, 0.2) is 41.0 Å². The molecule has 0 aromatic carbocycles. The third kappa shape index (κ3) is 1.52. The van der Waals surface area contributed by atoms with Crippen molar-refractivity contribution in [3.8, 4) is 0 Å². The van der Waals surface area contributed by atoms with Crippen LogP contribution in [0.1, 0.15) is 12.6 Å². The lowest BCUT2D eigenvalue weighted by atomic mass is 10.4. The third-order valence-electron chi connectivity index (χ3n) is 2.07. The van der Waals surface area contributed by atoms with E-state index in [4.69, 9.17) is 0 Å². The number of nitrogens with zero attached hydrogens (tertiary/aromatic N) is 2. The van der Waals surface area contributed by atoms with Gasteiger partial charge in [-0.15, -0.1) is 0 Å². The summed E-state index contributed by atoms with van der Waals surface area (Å²) in [5.74, 6) is 0. The van der Waals surface area contributed by atoms with Crippen molar-refractivity contribution in [2.24, 2.45) is 4.99 Å². The average Bonchev–Trinajstić information content (AvgIpc) is 2.52. The Morgan fingerprint density at radius 3 is 2.77 bits per heavy atom. The normalized spacial score (nSPS) is 23.2. The average molecular weight is 193 g/mol. The minimum atomic E-state index is -0.336. The van der Waals surface area contributed by atoms with Crippen molar-refractivity contribution in [2.75, 3.05) is 0 Å². The van der Waals surface area contributed by atoms with Crippen LogP contribution >= 0.6 is 11.1 Å². The minimum Gasteiger partial charge on any atom is -0.250 e. The lowest BCUT2D eigenvalue weighted by Crippen LogP contribution is -2.34. The summed E-state index contributed by atoms with van der Waals surface area (Å²) in [7, 11) is 0. The maximum atomic E-state index is 4.28. The molecule has 3 heteroatoms. The Morgan fingerprint density at radius 1 is 1.31 bits per heavy atom. The topological polar surface area (TPSA) is 16.2 Å². The molecule has 0 fully saturated rings. The summed E-state index contributed by atoms with van der Waals surface area (Å²) in [6.07, 6.45) is 4.02. The number of aromatic nitrogens is 1. The minimum absolute atomic E-state index is 0.336. The number of aliphatic imine (C=N–C) groups is 1. The molecule has 1 aromatic rings. The van der Waals surface area contributed by atoms with E-state index in [0.29, 0.717) is 0 Å². The van der Waals surface area contributed by atoms with Gasteiger partial charge in [0.15, 0.2) is 11.9 Å². The lowest BCUT2D eigenvalue weighted by molar-refractivity contribution is -0.504. The molecule has 2 rings (SSSR count). The van der Waals surface area contributed by atoms with Crippen LogP contribution in [0.5, 0.6) is 0 Å². The molecule has 2 nitrogen and oxygen atoms in total. The van der Waals surface area contributed by atoms with Gasteiger partial charge >= 0.3 is 0 Å². The standard InChI is InChI=1S/C10H13N2S/c1-9-5-3-4-7-12(9)13-8-6-11-10(13)2/h3-8,13H,1-2H3/q+1. The van der Waals surface area contributed by atoms with E-state index in [1.807, 2.05) is 6.20 Å². The smallest absolute Gasteiger partial charge is 0.191 e. The molecule has 0 saturated carbocycles. The first-order chi connectivity index (χ1) is 6.29. The van der Waals surface area contributed by atoms with Crippen molar-refractivity contribution in [2.45, 2.75) is 13.8 Å². The Labute approximate surface area is 81.1 Å². The fraction of sp³-hybridized carbons (Fsp3) is 0.200. The highest BCUT2D eigenvalue weighted by atomic mass is 32.2. The van der Waals surface area contributed by atoms with Gasteiger partial charge in [-0.25, -0.2) is 4.99 Å². The summed E-state index contributed by atoms with van der Waals surface area (Å²) in [6.45, 7) is 4.22. The van der Waals surface area contributed by atoms with Crippen molar-refractivity contribution in [1.29, 1.82) is 0 Å². The first-order valence-electron chi connectivity index (χ1n) is 4.27. The zero-order valence-electron chi connectivity index (χ0n) is 7.81. The van der Waals surface area contributed by atoms with Crippen LogP contribution in [0, 0.1) is 6.92 Å². The zero-order valence-corrected chi connectivity index (χ0v) is 8.70. The van der Waals surface area contributed by atoms with Crippen molar-refractivity contribution in [3.05, 3.63) is 41.7 Å². The van der Waals surface area contributed by atoms with Gasteiger partial charge in [0.25, 0.3) is 0 Å². The number of rotatable bonds is 1. The predicted octanol–water partition coefficient (Wildman–Crippen LogP) is 1.95. The number of aryl methyl sites for hydroxylation is 1. The quantitative estimate of drug-likeness (QED) is 0.518. The van der Waals surface area contributed by atoms with Gasteiger partial charge in [0.05, 0.1) is 0 Å². The third-order valence-corrected chi connectivity index (χ3v) is 4.18. The Hall–Kier alpha value is -1.09. The Morgan fingerprint density at radius 2 is 2.15 bits per heavy atom. The van der Waals surface area contributed by atoms with Crippen LogP contribution in [0.25, 0.3) is 0 Å². The highest BCUT2D eigenvalue weighted by Crippen LogP contribution is 2.28. The molecule has 0 saturated heterocycles. The maximum Gasteiger partial charge on any atom is 0.191 e. The first kappa shape index (κ1) is 8.51. The van der Waals surface area contributed by atoms with E-state index < -0.39 is 0 Å². The molecule has 1 aromatic heterocycles. The molecule has 2 heterocycles. The van der Waals surface area contributed by atoms with Crippen molar-refractivity contribution < 1.29 is 3.97 Å². The maximum absolute atomic E-state index is 4.28.